The maximum Gasteiger partial charge on any atom is 0.299 e. The second kappa shape index (κ2) is 6.33. The summed E-state index contributed by atoms with van der Waals surface area (Å²) in [6, 6.07) is 6.90. The Morgan fingerprint density at radius 1 is 1.33 bits per heavy atom. The highest BCUT2D eigenvalue weighted by Crippen LogP contribution is 2.30. The summed E-state index contributed by atoms with van der Waals surface area (Å²) >= 11 is 6.12. The standard InChI is InChI=1S/C18H14ClN5O3/c1-27-15-6-12-11-4-9(19)2-3-13(11)23-17(12)24(18(15)26)14(16(20)25)5-10-7-21-8-22-10/h2-8,23H,1H3,(H2,20,25)(H,21,22)/b14-5+. The second-order valence-electron chi connectivity index (χ2n) is 5.83. The molecule has 1 aromatic carbocycles. The number of carbonyl (C=O) groups excluding carboxylic acids is 1. The van der Waals surface area contributed by atoms with E-state index < -0.39 is 11.5 Å². The van der Waals surface area contributed by atoms with Gasteiger partial charge >= 0.3 is 0 Å². The SMILES string of the molecule is COc1cc2c3cc(Cl)ccc3[nH]c2n(/C(=C/c2cnc[nH]2)C(N)=O)c1=O. The van der Waals surface area contributed by atoms with Crippen LogP contribution in [0.3, 0.4) is 0 Å². The molecule has 0 unspecified atom stereocenters. The molecule has 0 fully saturated rings. The van der Waals surface area contributed by atoms with Crippen LogP contribution in [0.4, 0.5) is 0 Å². The molecule has 0 aliphatic heterocycles. The van der Waals surface area contributed by atoms with Crippen LogP contribution in [0.1, 0.15) is 5.69 Å². The van der Waals surface area contributed by atoms with Crippen molar-refractivity contribution in [3.63, 3.8) is 0 Å². The lowest BCUT2D eigenvalue weighted by atomic mass is 10.2. The zero-order valence-corrected chi connectivity index (χ0v) is 14.9. The molecule has 3 heterocycles. The Balaban J connectivity index is 2.15. The molecule has 0 aliphatic rings. The zero-order chi connectivity index (χ0) is 19.1. The lowest BCUT2D eigenvalue weighted by molar-refractivity contribution is -0.113. The highest BCUT2D eigenvalue weighted by molar-refractivity contribution is 6.32. The van der Waals surface area contributed by atoms with E-state index in [9.17, 15) is 9.59 Å². The number of nitrogens with two attached hydrogens (primary N) is 1. The number of ether oxygens (including phenoxy) is 1. The van der Waals surface area contributed by atoms with Crippen molar-refractivity contribution in [2.45, 2.75) is 0 Å². The van der Waals surface area contributed by atoms with Crippen molar-refractivity contribution in [1.82, 2.24) is 19.5 Å². The maximum absolute atomic E-state index is 12.9. The first-order valence-corrected chi connectivity index (χ1v) is 8.28. The van der Waals surface area contributed by atoms with Gasteiger partial charge in [-0.05, 0) is 30.3 Å². The van der Waals surface area contributed by atoms with E-state index in [0.29, 0.717) is 21.7 Å². The number of pyridine rings is 1. The molecule has 0 saturated carbocycles. The van der Waals surface area contributed by atoms with Crippen LogP contribution in [0.5, 0.6) is 5.75 Å². The first-order valence-electron chi connectivity index (χ1n) is 7.91. The van der Waals surface area contributed by atoms with Gasteiger partial charge in [0.05, 0.1) is 25.3 Å². The third-order valence-corrected chi connectivity index (χ3v) is 4.45. The van der Waals surface area contributed by atoms with Crippen LogP contribution in [-0.4, -0.2) is 32.5 Å². The van der Waals surface area contributed by atoms with E-state index in [1.165, 1.54) is 30.3 Å². The number of hydrogen-bond acceptors (Lipinski definition) is 4. The summed E-state index contributed by atoms with van der Waals surface area (Å²) in [6.07, 6.45) is 4.42. The monoisotopic (exact) mass is 383 g/mol. The number of fused-ring (bicyclic) bond motifs is 3. The number of primary amides is 1. The van der Waals surface area contributed by atoms with Crippen molar-refractivity contribution in [3.8, 4) is 5.75 Å². The number of benzene rings is 1. The van der Waals surface area contributed by atoms with Gasteiger partial charge in [-0.2, -0.15) is 0 Å². The molecule has 0 radical (unpaired) electrons. The molecule has 136 valence electrons. The highest BCUT2D eigenvalue weighted by Gasteiger charge is 2.20. The molecule has 0 saturated heterocycles. The Kier molecular flexibility index (Phi) is 3.97. The largest absolute Gasteiger partial charge is 0.491 e. The number of amides is 1. The number of hydrogen-bond donors (Lipinski definition) is 3. The first kappa shape index (κ1) is 16.9. The summed E-state index contributed by atoms with van der Waals surface area (Å²) in [4.78, 5) is 35.0. The topological polar surface area (TPSA) is 119 Å². The maximum atomic E-state index is 12.9. The lowest BCUT2D eigenvalue weighted by Gasteiger charge is -2.11. The fourth-order valence-corrected chi connectivity index (χ4v) is 3.18. The van der Waals surface area contributed by atoms with Crippen molar-refractivity contribution >= 4 is 51.2 Å². The van der Waals surface area contributed by atoms with Crippen LogP contribution >= 0.6 is 11.6 Å². The Hall–Kier alpha value is -3.52. The quantitative estimate of drug-likeness (QED) is 0.468. The van der Waals surface area contributed by atoms with Gasteiger partial charge in [-0.25, -0.2) is 4.98 Å². The average molecular weight is 384 g/mol. The van der Waals surface area contributed by atoms with Gasteiger partial charge in [0, 0.05) is 21.3 Å². The number of H-pyrrole nitrogens is 2. The van der Waals surface area contributed by atoms with Crippen molar-refractivity contribution in [2.24, 2.45) is 5.73 Å². The molecule has 0 atom stereocenters. The number of nitrogens with zero attached hydrogens (tertiary/aromatic N) is 2. The van der Waals surface area contributed by atoms with Gasteiger partial charge < -0.3 is 20.4 Å². The molecule has 9 heteroatoms. The smallest absolute Gasteiger partial charge is 0.299 e. The summed E-state index contributed by atoms with van der Waals surface area (Å²) in [7, 11) is 1.39. The molecule has 4 rings (SSSR count). The van der Waals surface area contributed by atoms with Gasteiger partial charge in [-0.15, -0.1) is 0 Å². The normalized spacial score (nSPS) is 12.0. The molecule has 0 bridgehead atoms. The molecule has 8 nitrogen and oxygen atoms in total. The third-order valence-electron chi connectivity index (χ3n) is 4.22. The van der Waals surface area contributed by atoms with Gasteiger partial charge in [0.15, 0.2) is 5.75 Å². The summed E-state index contributed by atoms with van der Waals surface area (Å²) in [5.74, 6) is -0.710. The van der Waals surface area contributed by atoms with E-state index in [-0.39, 0.29) is 11.4 Å². The van der Waals surface area contributed by atoms with Crippen LogP contribution in [0, 0.1) is 0 Å². The zero-order valence-electron chi connectivity index (χ0n) is 14.1. The fraction of sp³-hybridized carbons (Fsp3) is 0.0556. The van der Waals surface area contributed by atoms with E-state index in [2.05, 4.69) is 15.0 Å². The Bertz CT molecular complexity index is 1270. The van der Waals surface area contributed by atoms with Crippen molar-refractivity contribution in [2.75, 3.05) is 7.11 Å². The van der Waals surface area contributed by atoms with Crippen LogP contribution in [-0.2, 0) is 4.79 Å². The van der Waals surface area contributed by atoms with Gasteiger partial charge in [-0.1, -0.05) is 11.6 Å². The van der Waals surface area contributed by atoms with Crippen molar-refractivity contribution in [3.05, 3.63) is 57.9 Å². The van der Waals surface area contributed by atoms with E-state index in [4.69, 9.17) is 22.1 Å². The number of aromatic nitrogens is 4. The van der Waals surface area contributed by atoms with Crippen LogP contribution in [0.15, 0.2) is 41.6 Å². The van der Waals surface area contributed by atoms with Crippen molar-refractivity contribution < 1.29 is 9.53 Å². The molecule has 0 spiro atoms. The number of nitrogens with one attached hydrogen (secondary N) is 2. The van der Waals surface area contributed by atoms with Gasteiger partial charge in [-0.3, -0.25) is 14.2 Å². The fourth-order valence-electron chi connectivity index (χ4n) is 3.01. The van der Waals surface area contributed by atoms with Gasteiger partial charge in [0.2, 0.25) is 0 Å². The predicted molar refractivity (Wildman–Crippen MR) is 104 cm³/mol. The summed E-state index contributed by atoms with van der Waals surface area (Å²) in [6.45, 7) is 0. The number of rotatable bonds is 4. The number of aromatic amines is 2. The van der Waals surface area contributed by atoms with Crippen LogP contribution in [0.2, 0.25) is 5.02 Å². The summed E-state index contributed by atoms with van der Waals surface area (Å²) in [5, 5.41) is 2.00. The Labute approximate surface area is 157 Å². The van der Waals surface area contributed by atoms with Crippen LogP contribution < -0.4 is 16.0 Å². The summed E-state index contributed by atoms with van der Waals surface area (Å²) in [5.41, 5.74) is 6.70. The van der Waals surface area contributed by atoms with E-state index in [1.807, 2.05) is 0 Å². The lowest BCUT2D eigenvalue weighted by Crippen LogP contribution is -2.28. The number of methoxy groups -OCH3 is 1. The predicted octanol–water partition coefficient (Wildman–Crippen LogP) is 2.35. The molecule has 0 aliphatic carbocycles. The van der Waals surface area contributed by atoms with Crippen LogP contribution in [0.25, 0.3) is 33.7 Å². The van der Waals surface area contributed by atoms with E-state index in [1.54, 1.807) is 24.3 Å². The molecular weight excluding hydrogens is 370 g/mol. The van der Waals surface area contributed by atoms with Gasteiger partial charge in [0.25, 0.3) is 11.5 Å². The second-order valence-corrected chi connectivity index (χ2v) is 6.27. The highest BCUT2D eigenvalue weighted by atomic mass is 35.5. The molecule has 3 aromatic heterocycles. The molecule has 1 amide bonds. The number of carbonyl (C=O) groups is 1. The first-order chi connectivity index (χ1) is 13.0. The Morgan fingerprint density at radius 2 is 2.15 bits per heavy atom. The van der Waals surface area contributed by atoms with Crippen molar-refractivity contribution in [1.29, 1.82) is 0 Å². The third kappa shape index (κ3) is 2.76. The average Bonchev–Trinajstić information content (AvgIpc) is 3.27. The minimum atomic E-state index is -0.780. The van der Waals surface area contributed by atoms with Gasteiger partial charge in [0.1, 0.15) is 11.3 Å². The van der Waals surface area contributed by atoms with E-state index in [0.717, 1.165) is 10.9 Å². The molecular formula is C18H14ClN5O3. The number of halogens is 1. The number of imidazole rings is 1. The molecule has 4 aromatic rings. The summed E-state index contributed by atoms with van der Waals surface area (Å²) < 4.78 is 6.43. The van der Waals surface area contributed by atoms with E-state index >= 15 is 0 Å². The minimum absolute atomic E-state index is 0.0363. The Morgan fingerprint density at radius 3 is 2.81 bits per heavy atom. The molecule has 4 N–H and O–H groups in total. The molecule has 27 heavy (non-hydrogen) atoms. The minimum Gasteiger partial charge on any atom is -0.491 e.